The molecule has 0 radical (unpaired) electrons. The van der Waals surface area contributed by atoms with Crippen molar-refractivity contribution in [3.05, 3.63) is 83.2 Å². The Kier molecular flexibility index (Phi) is 9.12. The zero-order valence-corrected chi connectivity index (χ0v) is 20.0. The number of hydrogen-bond donors (Lipinski definition) is 3. The van der Waals surface area contributed by atoms with Gasteiger partial charge in [0.15, 0.2) is 5.03 Å². The molecule has 1 aromatic carbocycles. The average Bonchev–Trinajstić information content (AvgIpc) is 2.83. The quantitative estimate of drug-likeness (QED) is 0.317. The number of carboxylic acids is 1. The fourth-order valence-corrected chi connectivity index (χ4v) is 4.66. The van der Waals surface area contributed by atoms with Crippen molar-refractivity contribution in [2.75, 3.05) is 11.9 Å². The largest absolute Gasteiger partial charge is 0.480 e. The third-order valence-electron chi connectivity index (χ3n) is 5.26. The lowest BCUT2D eigenvalue weighted by molar-refractivity contribution is -0.134. The van der Waals surface area contributed by atoms with Crippen LogP contribution in [0.5, 0.6) is 0 Å². The first-order valence-electron chi connectivity index (χ1n) is 11.3. The van der Waals surface area contributed by atoms with Crippen LogP contribution in [0, 0.1) is 0 Å². The average molecular weight is 483 g/mol. The predicted octanol–water partition coefficient (Wildman–Crippen LogP) is 3.78. The number of pyridine rings is 2. The highest BCUT2D eigenvalue weighted by atomic mass is 32.2. The van der Waals surface area contributed by atoms with Gasteiger partial charge in [-0.1, -0.05) is 56.2 Å². The van der Waals surface area contributed by atoms with E-state index in [2.05, 4.69) is 39.1 Å². The molecule has 3 rings (SSSR count). The molecule has 34 heavy (non-hydrogen) atoms. The molecule has 9 heteroatoms. The summed E-state index contributed by atoms with van der Waals surface area (Å²) in [5, 5.41) is 11.4. The van der Waals surface area contributed by atoms with E-state index in [1.54, 1.807) is 30.3 Å². The summed E-state index contributed by atoms with van der Waals surface area (Å²) in [6.45, 7) is 1.86. The number of aryl methyl sites for hydroxylation is 1. The minimum absolute atomic E-state index is 0.0119. The van der Waals surface area contributed by atoms with E-state index >= 15 is 0 Å². The fourth-order valence-electron chi connectivity index (χ4n) is 3.50. The van der Waals surface area contributed by atoms with Gasteiger partial charge in [-0.3, -0.25) is 4.79 Å². The molecule has 2 heterocycles. The van der Waals surface area contributed by atoms with Gasteiger partial charge in [-0.05, 0) is 47.7 Å². The van der Waals surface area contributed by atoms with Crippen LogP contribution in [-0.2, 0) is 34.2 Å². The molecule has 2 aromatic heterocycles. The van der Waals surface area contributed by atoms with E-state index in [1.807, 2.05) is 12.1 Å². The molecular formula is C25H30N4O4S. The molecule has 3 N–H and O–H groups in total. The highest BCUT2D eigenvalue weighted by Crippen LogP contribution is 2.18. The Balaban J connectivity index is 1.68. The molecule has 0 amide bonds. The van der Waals surface area contributed by atoms with Crippen molar-refractivity contribution in [1.82, 2.24) is 14.7 Å². The lowest BCUT2D eigenvalue weighted by atomic mass is 10.0. The number of nitrogens with one attached hydrogen (secondary N) is 2. The smallest absolute Gasteiger partial charge is 0.322 e. The van der Waals surface area contributed by atoms with Gasteiger partial charge in [-0.25, -0.2) is 23.1 Å². The van der Waals surface area contributed by atoms with Gasteiger partial charge in [-0.15, -0.1) is 0 Å². The van der Waals surface area contributed by atoms with Crippen LogP contribution >= 0.6 is 0 Å². The molecule has 0 atom stereocenters. The van der Waals surface area contributed by atoms with Crippen LogP contribution in [0.4, 0.5) is 5.82 Å². The van der Waals surface area contributed by atoms with Crippen molar-refractivity contribution in [1.29, 1.82) is 0 Å². The second-order valence-electron chi connectivity index (χ2n) is 8.00. The Morgan fingerprint density at radius 1 is 1.00 bits per heavy atom. The standard InChI is InChI=1S/C25H30N4O4S/c1-2-3-4-7-19-11-13-20(14-12-19)16-21-8-6-15-26-25(21)34(32,33)28-17-22-9-5-10-23(29-22)27-18-24(30)31/h5-6,8-15,28H,2-4,7,16-18H2,1H3,(H,27,29)(H,30,31). The number of rotatable bonds is 13. The molecule has 0 spiro atoms. The first kappa shape index (κ1) is 25.3. The van der Waals surface area contributed by atoms with Crippen molar-refractivity contribution in [2.24, 2.45) is 0 Å². The fraction of sp³-hybridized carbons (Fsp3) is 0.320. The van der Waals surface area contributed by atoms with Gasteiger partial charge >= 0.3 is 5.97 Å². The monoisotopic (exact) mass is 482 g/mol. The maximum absolute atomic E-state index is 13.0. The molecule has 0 bridgehead atoms. The highest BCUT2D eigenvalue weighted by Gasteiger charge is 2.20. The first-order valence-corrected chi connectivity index (χ1v) is 12.8. The number of sulfonamides is 1. The Bertz CT molecular complexity index is 1200. The summed E-state index contributed by atoms with van der Waals surface area (Å²) in [6.07, 6.45) is 6.53. The topological polar surface area (TPSA) is 121 Å². The number of aromatic nitrogens is 2. The molecule has 0 saturated carbocycles. The van der Waals surface area contributed by atoms with E-state index in [9.17, 15) is 13.2 Å². The summed E-state index contributed by atoms with van der Waals surface area (Å²) in [4.78, 5) is 19.1. The second kappa shape index (κ2) is 12.2. The van der Waals surface area contributed by atoms with Crippen LogP contribution in [0.15, 0.2) is 65.8 Å². The normalized spacial score (nSPS) is 11.3. The number of benzene rings is 1. The zero-order valence-electron chi connectivity index (χ0n) is 19.2. The molecule has 8 nitrogen and oxygen atoms in total. The van der Waals surface area contributed by atoms with Crippen LogP contribution in [0.2, 0.25) is 0 Å². The van der Waals surface area contributed by atoms with Gasteiger partial charge in [0.2, 0.25) is 0 Å². The molecule has 180 valence electrons. The van der Waals surface area contributed by atoms with Crippen LogP contribution in [0.25, 0.3) is 0 Å². The van der Waals surface area contributed by atoms with Gasteiger partial charge in [0.25, 0.3) is 10.0 Å². The Hall–Kier alpha value is -3.30. The summed E-state index contributed by atoms with van der Waals surface area (Å²) >= 11 is 0. The number of hydrogen-bond acceptors (Lipinski definition) is 6. The summed E-state index contributed by atoms with van der Waals surface area (Å²) in [7, 11) is -3.89. The number of aliphatic carboxylic acids is 1. The molecule has 0 aliphatic rings. The summed E-state index contributed by atoms with van der Waals surface area (Å²) in [5.41, 5.74) is 3.36. The summed E-state index contributed by atoms with van der Waals surface area (Å²) < 4.78 is 28.6. The van der Waals surface area contributed by atoms with E-state index < -0.39 is 16.0 Å². The number of carbonyl (C=O) groups is 1. The second-order valence-corrected chi connectivity index (χ2v) is 9.69. The van der Waals surface area contributed by atoms with Gasteiger partial charge < -0.3 is 10.4 Å². The van der Waals surface area contributed by atoms with E-state index in [4.69, 9.17) is 5.11 Å². The Morgan fingerprint density at radius 2 is 1.76 bits per heavy atom. The van der Waals surface area contributed by atoms with E-state index in [0.29, 0.717) is 23.5 Å². The number of nitrogens with zero attached hydrogens (tertiary/aromatic N) is 2. The summed E-state index contributed by atoms with van der Waals surface area (Å²) in [6, 6.07) is 16.7. The first-order chi connectivity index (χ1) is 16.4. The lowest BCUT2D eigenvalue weighted by Gasteiger charge is -2.11. The Labute approximate surface area is 200 Å². The van der Waals surface area contributed by atoms with Gasteiger partial charge in [-0.2, -0.15) is 0 Å². The number of carboxylic acid groups (broad SMARTS) is 1. The van der Waals surface area contributed by atoms with E-state index in [-0.39, 0.29) is 18.1 Å². The minimum Gasteiger partial charge on any atom is -0.480 e. The molecule has 3 aromatic rings. The van der Waals surface area contributed by atoms with Gasteiger partial charge in [0, 0.05) is 12.6 Å². The molecule has 0 saturated heterocycles. The van der Waals surface area contributed by atoms with Crippen molar-refractivity contribution >= 4 is 21.8 Å². The maximum atomic E-state index is 13.0. The van der Waals surface area contributed by atoms with Crippen molar-refractivity contribution in [2.45, 2.75) is 50.6 Å². The summed E-state index contributed by atoms with van der Waals surface area (Å²) in [5.74, 6) is -0.655. The SMILES string of the molecule is CCCCCc1ccc(Cc2cccnc2S(=O)(=O)NCc2cccc(NCC(=O)O)n2)cc1. The minimum atomic E-state index is -3.89. The van der Waals surface area contributed by atoms with Gasteiger partial charge in [0.05, 0.1) is 12.2 Å². The molecule has 0 fully saturated rings. The van der Waals surface area contributed by atoms with Crippen LogP contribution in [0.1, 0.15) is 48.6 Å². The van der Waals surface area contributed by atoms with Crippen LogP contribution in [0.3, 0.4) is 0 Å². The van der Waals surface area contributed by atoms with Crippen molar-refractivity contribution < 1.29 is 18.3 Å². The number of unbranched alkanes of at least 4 members (excludes halogenated alkanes) is 2. The third-order valence-corrected chi connectivity index (χ3v) is 6.66. The zero-order chi connectivity index (χ0) is 24.4. The highest BCUT2D eigenvalue weighted by molar-refractivity contribution is 7.89. The molecule has 0 unspecified atom stereocenters. The molecular weight excluding hydrogens is 452 g/mol. The molecule has 0 aliphatic heterocycles. The lowest BCUT2D eigenvalue weighted by Crippen LogP contribution is -2.26. The Morgan fingerprint density at radius 3 is 2.50 bits per heavy atom. The van der Waals surface area contributed by atoms with Gasteiger partial charge in [0.1, 0.15) is 12.4 Å². The van der Waals surface area contributed by atoms with Crippen LogP contribution < -0.4 is 10.0 Å². The van der Waals surface area contributed by atoms with Crippen molar-refractivity contribution in [3.8, 4) is 0 Å². The van der Waals surface area contributed by atoms with E-state index in [0.717, 1.165) is 12.0 Å². The molecule has 0 aliphatic carbocycles. The third kappa shape index (κ3) is 7.64. The number of anilines is 1. The van der Waals surface area contributed by atoms with E-state index in [1.165, 1.54) is 31.0 Å². The van der Waals surface area contributed by atoms with Crippen LogP contribution in [-0.4, -0.2) is 36.0 Å². The predicted molar refractivity (Wildman–Crippen MR) is 131 cm³/mol. The van der Waals surface area contributed by atoms with Crippen molar-refractivity contribution in [3.63, 3.8) is 0 Å². The maximum Gasteiger partial charge on any atom is 0.322 e.